The van der Waals surface area contributed by atoms with Gasteiger partial charge in [0.05, 0.1) is 16.3 Å². The summed E-state index contributed by atoms with van der Waals surface area (Å²) in [5, 5.41) is 9.99. The number of amidine groups is 1. The van der Waals surface area contributed by atoms with Gasteiger partial charge in [0.1, 0.15) is 11.5 Å². The molecule has 2 heterocycles. The molecule has 4 aromatic rings. The van der Waals surface area contributed by atoms with Crippen molar-refractivity contribution in [3.05, 3.63) is 95.3 Å². The summed E-state index contributed by atoms with van der Waals surface area (Å²) in [4.78, 5) is 19.6. The lowest BCUT2D eigenvalue weighted by molar-refractivity contribution is 0.0982. The predicted molar refractivity (Wildman–Crippen MR) is 144 cm³/mol. The molecule has 3 aromatic carbocycles. The number of anilines is 1. The Morgan fingerprint density at radius 2 is 1.81 bits per heavy atom. The normalized spacial score (nSPS) is 13.6. The van der Waals surface area contributed by atoms with Crippen LogP contribution in [0.1, 0.15) is 27.3 Å². The van der Waals surface area contributed by atoms with Gasteiger partial charge in [0.25, 0.3) is 5.91 Å². The second kappa shape index (κ2) is 9.30. The summed E-state index contributed by atoms with van der Waals surface area (Å²) in [5.74, 6) is 0.214. The molecule has 9 nitrogen and oxygen atoms in total. The van der Waals surface area contributed by atoms with Crippen molar-refractivity contribution in [2.24, 2.45) is 15.9 Å². The van der Waals surface area contributed by atoms with Crippen LogP contribution in [0.25, 0.3) is 16.8 Å². The van der Waals surface area contributed by atoms with Crippen molar-refractivity contribution in [2.45, 2.75) is 18.2 Å². The molecule has 0 saturated heterocycles. The number of aryl methyl sites for hydroxylation is 1. The number of primary sulfonamides is 1. The molecule has 0 bridgehead atoms. The summed E-state index contributed by atoms with van der Waals surface area (Å²) >= 11 is 0. The first-order chi connectivity index (χ1) is 17.7. The third-order valence-corrected chi connectivity index (χ3v) is 7.37. The van der Waals surface area contributed by atoms with E-state index in [2.05, 4.69) is 10.1 Å². The molecule has 0 radical (unpaired) electrons. The van der Waals surface area contributed by atoms with E-state index in [1.54, 1.807) is 40.9 Å². The summed E-state index contributed by atoms with van der Waals surface area (Å²) in [5.41, 5.74) is 11.6. The number of aliphatic imine (C=N–C) groups is 1. The molecule has 5 rings (SSSR count). The highest BCUT2D eigenvalue weighted by molar-refractivity contribution is 7.89. The molecule has 1 aliphatic rings. The molecule has 188 valence electrons. The average molecular weight is 515 g/mol. The Labute approximate surface area is 215 Å². The van der Waals surface area contributed by atoms with Crippen molar-refractivity contribution < 1.29 is 13.2 Å². The standard InChI is InChI=1S/C27H26N6O3S/c1-17-14-24(33(31-17)21-7-5-6-20(16-21)26(28)30-2)27(34)32-13-12-19-15-18(10-11-23(19)32)22-8-3-4-9-25(22)37(29,35)36/h3-11,14-16H,12-13H2,1-2H3,(H2,28,30)(H2,29,35,36). The number of carbonyl (C=O) groups excluding carboxylic acids is 1. The molecular weight excluding hydrogens is 488 g/mol. The largest absolute Gasteiger partial charge is 0.384 e. The SMILES string of the molecule is CN=C(N)c1cccc(-n2nc(C)cc2C(=O)N2CCc3cc(-c4ccccc4S(N)(=O)=O)ccc32)c1. The third-order valence-electron chi connectivity index (χ3n) is 6.40. The second-order valence-corrected chi connectivity index (χ2v) is 10.4. The number of nitrogens with two attached hydrogens (primary N) is 2. The number of rotatable bonds is 5. The van der Waals surface area contributed by atoms with Gasteiger partial charge in [0, 0.05) is 30.4 Å². The van der Waals surface area contributed by atoms with E-state index in [0.717, 1.165) is 22.4 Å². The number of benzene rings is 3. The Kier molecular flexibility index (Phi) is 6.14. The Bertz CT molecular complexity index is 1670. The molecule has 10 heteroatoms. The first kappa shape index (κ1) is 24.4. The van der Waals surface area contributed by atoms with Gasteiger partial charge in [-0.3, -0.25) is 9.79 Å². The second-order valence-electron chi connectivity index (χ2n) is 8.83. The van der Waals surface area contributed by atoms with E-state index in [0.29, 0.717) is 41.4 Å². The third kappa shape index (κ3) is 4.52. The number of carbonyl (C=O) groups is 1. The number of nitrogens with zero attached hydrogens (tertiary/aromatic N) is 4. The van der Waals surface area contributed by atoms with E-state index >= 15 is 0 Å². The fourth-order valence-electron chi connectivity index (χ4n) is 4.65. The minimum absolute atomic E-state index is 0.0660. The van der Waals surface area contributed by atoms with E-state index < -0.39 is 10.0 Å². The number of aromatic nitrogens is 2. The zero-order valence-electron chi connectivity index (χ0n) is 20.4. The molecule has 1 amide bonds. The molecule has 1 aromatic heterocycles. The molecule has 0 aliphatic carbocycles. The fourth-order valence-corrected chi connectivity index (χ4v) is 5.41. The Morgan fingerprint density at radius 3 is 2.57 bits per heavy atom. The lowest BCUT2D eigenvalue weighted by Crippen LogP contribution is -2.30. The molecule has 37 heavy (non-hydrogen) atoms. The van der Waals surface area contributed by atoms with Gasteiger partial charge in [0.2, 0.25) is 10.0 Å². The van der Waals surface area contributed by atoms with Crippen LogP contribution in [0.5, 0.6) is 0 Å². The van der Waals surface area contributed by atoms with Gasteiger partial charge in [-0.2, -0.15) is 5.10 Å². The van der Waals surface area contributed by atoms with Crippen molar-refractivity contribution in [2.75, 3.05) is 18.5 Å². The first-order valence-electron chi connectivity index (χ1n) is 11.6. The predicted octanol–water partition coefficient (Wildman–Crippen LogP) is 3.03. The van der Waals surface area contributed by atoms with Gasteiger partial charge in [0.15, 0.2) is 0 Å². The molecule has 0 saturated carbocycles. The summed E-state index contributed by atoms with van der Waals surface area (Å²) in [6.07, 6.45) is 0.637. The highest BCUT2D eigenvalue weighted by Gasteiger charge is 2.29. The molecule has 0 spiro atoms. The van der Waals surface area contributed by atoms with Crippen molar-refractivity contribution in [1.82, 2.24) is 9.78 Å². The van der Waals surface area contributed by atoms with Crippen molar-refractivity contribution >= 4 is 27.5 Å². The van der Waals surface area contributed by atoms with Crippen molar-refractivity contribution in [1.29, 1.82) is 0 Å². The van der Waals surface area contributed by atoms with Gasteiger partial charge < -0.3 is 10.6 Å². The number of hydrogen-bond acceptors (Lipinski definition) is 5. The fraction of sp³-hybridized carbons (Fsp3) is 0.148. The molecule has 4 N–H and O–H groups in total. The number of sulfonamides is 1. The molecule has 0 unspecified atom stereocenters. The van der Waals surface area contributed by atoms with Crippen LogP contribution >= 0.6 is 0 Å². The Balaban J connectivity index is 1.51. The first-order valence-corrected chi connectivity index (χ1v) is 13.2. The van der Waals surface area contributed by atoms with Gasteiger partial charge in [-0.1, -0.05) is 36.4 Å². The zero-order chi connectivity index (χ0) is 26.3. The number of fused-ring (bicyclic) bond motifs is 1. The van der Waals surface area contributed by atoms with Crippen molar-refractivity contribution in [3.8, 4) is 16.8 Å². The maximum Gasteiger partial charge on any atom is 0.277 e. The van der Waals surface area contributed by atoms with E-state index in [4.69, 9.17) is 10.9 Å². The van der Waals surface area contributed by atoms with Gasteiger partial charge in [-0.15, -0.1) is 0 Å². The lowest BCUT2D eigenvalue weighted by Gasteiger charge is -2.19. The molecular formula is C27H26N6O3S. The van der Waals surface area contributed by atoms with Gasteiger partial charge in [-0.25, -0.2) is 18.2 Å². The van der Waals surface area contributed by atoms with E-state index in [9.17, 15) is 13.2 Å². The van der Waals surface area contributed by atoms with Crippen LogP contribution in [-0.4, -0.2) is 43.5 Å². The Morgan fingerprint density at radius 1 is 1.03 bits per heavy atom. The minimum atomic E-state index is -3.88. The monoisotopic (exact) mass is 514 g/mol. The summed E-state index contributed by atoms with van der Waals surface area (Å²) in [7, 11) is -2.26. The van der Waals surface area contributed by atoms with Crippen LogP contribution < -0.4 is 15.8 Å². The number of amides is 1. The number of hydrogen-bond donors (Lipinski definition) is 2. The highest BCUT2D eigenvalue weighted by atomic mass is 32.2. The van der Waals surface area contributed by atoms with Gasteiger partial charge >= 0.3 is 0 Å². The minimum Gasteiger partial charge on any atom is -0.384 e. The maximum absolute atomic E-state index is 13.8. The van der Waals surface area contributed by atoms with E-state index in [-0.39, 0.29) is 10.8 Å². The topological polar surface area (TPSA) is 137 Å². The summed E-state index contributed by atoms with van der Waals surface area (Å²) in [6.45, 7) is 2.33. The molecule has 1 aliphatic heterocycles. The Hall–Kier alpha value is -4.28. The smallest absolute Gasteiger partial charge is 0.277 e. The van der Waals surface area contributed by atoms with E-state index in [1.165, 1.54) is 6.07 Å². The van der Waals surface area contributed by atoms with Gasteiger partial charge in [-0.05, 0) is 60.9 Å². The van der Waals surface area contributed by atoms with Crippen LogP contribution in [0.4, 0.5) is 5.69 Å². The van der Waals surface area contributed by atoms with Crippen LogP contribution in [0.15, 0.2) is 82.7 Å². The summed E-state index contributed by atoms with van der Waals surface area (Å²) in [6, 6.07) is 21.4. The molecule has 0 fully saturated rings. The van der Waals surface area contributed by atoms with Crippen LogP contribution in [0.2, 0.25) is 0 Å². The van der Waals surface area contributed by atoms with Crippen LogP contribution in [-0.2, 0) is 16.4 Å². The molecule has 0 atom stereocenters. The quantitative estimate of drug-likeness (QED) is 0.312. The lowest BCUT2D eigenvalue weighted by atomic mass is 10.0. The van der Waals surface area contributed by atoms with Crippen LogP contribution in [0.3, 0.4) is 0 Å². The zero-order valence-corrected chi connectivity index (χ0v) is 21.2. The van der Waals surface area contributed by atoms with E-state index in [1.807, 2.05) is 49.4 Å². The highest BCUT2D eigenvalue weighted by Crippen LogP contribution is 2.35. The van der Waals surface area contributed by atoms with Crippen LogP contribution in [0, 0.1) is 6.92 Å². The maximum atomic E-state index is 13.8. The summed E-state index contributed by atoms with van der Waals surface area (Å²) < 4.78 is 25.8. The average Bonchev–Trinajstić information content (AvgIpc) is 3.50. The van der Waals surface area contributed by atoms with Crippen molar-refractivity contribution in [3.63, 3.8) is 0 Å².